The smallest absolute Gasteiger partial charge is 0.286 e. The van der Waals surface area contributed by atoms with Gasteiger partial charge >= 0.3 is 0 Å². The zero-order valence-electron chi connectivity index (χ0n) is 16.8. The molecule has 9 heteroatoms. The third-order valence-electron chi connectivity index (χ3n) is 5.44. The van der Waals surface area contributed by atoms with Crippen LogP contribution in [-0.2, 0) is 0 Å². The highest BCUT2D eigenvalue weighted by molar-refractivity contribution is 7.13. The molecule has 31 heavy (non-hydrogen) atoms. The molecule has 0 aliphatic carbocycles. The van der Waals surface area contributed by atoms with Crippen LogP contribution in [0.25, 0.3) is 0 Å². The van der Waals surface area contributed by atoms with E-state index in [1.165, 1.54) is 11.3 Å². The Morgan fingerprint density at radius 2 is 1.97 bits per heavy atom. The molecule has 2 aliphatic heterocycles. The van der Waals surface area contributed by atoms with E-state index >= 15 is 0 Å². The first-order valence-electron chi connectivity index (χ1n) is 10.0. The molecular formula is C22H20N4O4S. The second-order valence-corrected chi connectivity index (χ2v) is 8.45. The maximum atomic E-state index is 13.1. The highest BCUT2D eigenvalue weighted by Gasteiger charge is 2.34. The molecule has 0 bridgehead atoms. The van der Waals surface area contributed by atoms with E-state index in [-0.39, 0.29) is 29.7 Å². The molecule has 2 amide bonds. The molecule has 1 aromatic heterocycles. The van der Waals surface area contributed by atoms with Crippen molar-refractivity contribution in [3.8, 4) is 11.5 Å². The van der Waals surface area contributed by atoms with Crippen molar-refractivity contribution in [2.45, 2.75) is 25.8 Å². The second kappa shape index (κ2) is 7.99. The van der Waals surface area contributed by atoms with E-state index in [1.54, 1.807) is 18.2 Å². The Labute approximate surface area is 182 Å². The van der Waals surface area contributed by atoms with E-state index in [2.05, 4.69) is 15.5 Å². The summed E-state index contributed by atoms with van der Waals surface area (Å²) in [4.78, 5) is 27.6. The fraction of sp³-hybridized carbons (Fsp3) is 0.273. The third kappa shape index (κ3) is 3.72. The van der Waals surface area contributed by atoms with Crippen molar-refractivity contribution in [2.24, 2.45) is 0 Å². The highest BCUT2D eigenvalue weighted by Crippen LogP contribution is 2.36. The number of likely N-dealkylation sites (tertiary alicyclic amines) is 1. The van der Waals surface area contributed by atoms with Gasteiger partial charge in [0.05, 0.1) is 6.04 Å². The topological polar surface area (TPSA) is 93.7 Å². The molecule has 1 atom stereocenters. The van der Waals surface area contributed by atoms with Crippen LogP contribution >= 0.6 is 11.3 Å². The van der Waals surface area contributed by atoms with Gasteiger partial charge < -0.3 is 19.7 Å². The fourth-order valence-corrected chi connectivity index (χ4v) is 4.74. The summed E-state index contributed by atoms with van der Waals surface area (Å²) < 4.78 is 10.6. The Hall–Kier alpha value is -3.46. The normalized spacial score (nSPS) is 17.1. The number of nitrogens with one attached hydrogen (secondary N) is 1. The zero-order valence-corrected chi connectivity index (χ0v) is 17.6. The highest BCUT2D eigenvalue weighted by atomic mass is 32.1. The minimum Gasteiger partial charge on any atom is -0.454 e. The molecule has 0 spiro atoms. The largest absolute Gasteiger partial charge is 0.454 e. The summed E-state index contributed by atoms with van der Waals surface area (Å²) >= 11 is 1.22. The van der Waals surface area contributed by atoms with Crippen LogP contribution < -0.4 is 14.8 Å². The average molecular weight is 436 g/mol. The number of benzene rings is 2. The number of aryl methyl sites for hydroxylation is 1. The molecule has 5 rings (SSSR count). The summed E-state index contributed by atoms with van der Waals surface area (Å²) in [5, 5.41) is 12.1. The van der Waals surface area contributed by atoms with E-state index in [1.807, 2.05) is 36.1 Å². The number of amides is 2. The van der Waals surface area contributed by atoms with Crippen molar-refractivity contribution in [1.29, 1.82) is 0 Å². The monoisotopic (exact) mass is 436 g/mol. The molecular weight excluding hydrogens is 416 g/mol. The lowest BCUT2D eigenvalue weighted by Crippen LogP contribution is -2.31. The molecule has 1 N–H and O–H groups in total. The number of anilines is 1. The van der Waals surface area contributed by atoms with Crippen LogP contribution in [0.1, 0.15) is 49.6 Å². The van der Waals surface area contributed by atoms with Crippen LogP contribution in [0.2, 0.25) is 0 Å². The molecule has 0 radical (unpaired) electrons. The van der Waals surface area contributed by atoms with Gasteiger partial charge in [-0.2, -0.15) is 0 Å². The van der Waals surface area contributed by atoms with Crippen molar-refractivity contribution in [1.82, 2.24) is 15.1 Å². The minimum absolute atomic E-state index is 0.0119. The number of ether oxygens (including phenoxy) is 2. The Morgan fingerprint density at radius 1 is 1.13 bits per heavy atom. The minimum atomic E-state index is -0.350. The number of rotatable bonds is 4. The maximum Gasteiger partial charge on any atom is 0.286 e. The van der Waals surface area contributed by atoms with Gasteiger partial charge in [0.2, 0.25) is 11.8 Å². The molecule has 1 fully saturated rings. The predicted molar refractivity (Wildman–Crippen MR) is 115 cm³/mol. The number of nitrogens with zero attached hydrogens (tertiary/aromatic N) is 3. The number of carbonyl (C=O) groups is 2. The van der Waals surface area contributed by atoms with Gasteiger partial charge in [-0.05, 0) is 43.5 Å². The SMILES string of the molecule is Cc1ccccc1C(=O)N1CCC[C@H]1c1nnc(C(=O)Nc2ccc3c(c2)OCO3)s1. The average Bonchev–Trinajstić information content (AvgIpc) is 3.52. The second-order valence-electron chi connectivity index (χ2n) is 7.44. The van der Waals surface area contributed by atoms with Crippen molar-refractivity contribution in [2.75, 3.05) is 18.7 Å². The Kier molecular flexibility index (Phi) is 5.03. The van der Waals surface area contributed by atoms with Gasteiger partial charge in [-0.15, -0.1) is 10.2 Å². The zero-order chi connectivity index (χ0) is 21.4. The lowest BCUT2D eigenvalue weighted by molar-refractivity contribution is 0.0734. The van der Waals surface area contributed by atoms with Crippen LogP contribution in [0.5, 0.6) is 11.5 Å². The molecule has 1 saturated heterocycles. The summed E-state index contributed by atoms with van der Waals surface area (Å²) in [7, 11) is 0. The quantitative estimate of drug-likeness (QED) is 0.669. The van der Waals surface area contributed by atoms with Gasteiger partial charge in [0.1, 0.15) is 5.01 Å². The third-order valence-corrected chi connectivity index (χ3v) is 6.46. The van der Waals surface area contributed by atoms with Crippen LogP contribution in [0.15, 0.2) is 42.5 Å². The first-order chi connectivity index (χ1) is 15.1. The standard InChI is InChI=1S/C22H20N4O4S/c1-13-5-2-3-6-15(13)22(28)26-10-4-7-16(26)20-24-25-21(31-20)19(27)23-14-8-9-17-18(11-14)30-12-29-17/h2-3,5-6,8-9,11,16H,4,7,10,12H2,1H3,(H,23,27)/t16-/m0/s1. The summed E-state index contributed by atoms with van der Waals surface area (Å²) in [6.45, 7) is 2.77. The molecule has 0 saturated carbocycles. The van der Waals surface area contributed by atoms with Gasteiger partial charge in [0.15, 0.2) is 11.5 Å². The maximum absolute atomic E-state index is 13.1. The summed E-state index contributed by atoms with van der Waals surface area (Å²) in [5.41, 5.74) is 2.22. The number of fused-ring (bicyclic) bond motifs is 1. The Bertz CT molecular complexity index is 1160. The molecule has 2 aromatic carbocycles. The summed E-state index contributed by atoms with van der Waals surface area (Å²) in [6.07, 6.45) is 1.69. The van der Waals surface area contributed by atoms with E-state index in [0.29, 0.717) is 34.3 Å². The van der Waals surface area contributed by atoms with Crippen molar-refractivity contribution in [3.05, 3.63) is 63.6 Å². The van der Waals surface area contributed by atoms with E-state index in [9.17, 15) is 9.59 Å². The van der Waals surface area contributed by atoms with Crippen molar-refractivity contribution in [3.63, 3.8) is 0 Å². The van der Waals surface area contributed by atoms with Gasteiger partial charge in [-0.3, -0.25) is 9.59 Å². The summed E-state index contributed by atoms with van der Waals surface area (Å²) in [5.74, 6) is 0.877. The van der Waals surface area contributed by atoms with Gasteiger partial charge in [0.25, 0.3) is 11.8 Å². The van der Waals surface area contributed by atoms with Crippen LogP contribution in [0, 0.1) is 6.92 Å². The number of aromatic nitrogens is 2. The van der Waals surface area contributed by atoms with Gasteiger partial charge in [-0.1, -0.05) is 29.5 Å². The summed E-state index contributed by atoms with van der Waals surface area (Å²) in [6, 6.07) is 12.6. The molecule has 8 nitrogen and oxygen atoms in total. The molecule has 0 unspecified atom stereocenters. The number of hydrogen-bond donors (Lipinski definition) is 1. The fourth-order valence-electron chi connectivity index (χ4n) is 3.85. The molecule has 2 aliphatic rings. The van der Waals surface area contributed by atoms with E-state index in [4.69, 9.17) is 9.47 Å². The Balaban J connectivity index is 1.32. The van der Waals surface area contributed by atoms with E-state index < -0.39 is 0 Å². The first kappa shape index (κ1) is 19.5. The lowest BCUT2D eigenvalue weighted by atomic mass is 10.1. The van der Waals surface area contributed by atoms with Gasteiger partial charge in [0, 0.05) is 23.9 Å². The van der Waals surface area contributed by atoms with Crippen LogP contribution in [-0.4, -0.2) is 40.2 Å². The Morgan fingerprint density at radius 3 is 2.84 bits per heavy atom. The lowest BCUT2D eigenvalue weighted by Gasteiger charge is -2.23. The molecule has 158 valence electrons. The first-order valence-corrected chi connectivity index (χ1v) is 10.8. The predicted octanol–water partition coefficient (Wildman–Crippen LogP) is 3.80. The number of carbonyl (C=O) groups excluding carboxylic acids is 2. The van der Waals surface area contributed by atoms with E-state index in [0.717, 1.165) is 18.4 Å². The van der Waals surface area contributed by atoms with Crippen LogP contribution in [0.4, 0.5) is 5.69 Å². The molecule has 3 heterocycles. The van der Waals surface area contributed by atoms with Gasteiger partial charge in [-0.25, -0.2) is 0 Å². The molecule has 3 aromatic rings. The van der Waals surface area contributed by atoms with Crippen LogP contribution in [0.3, 0.4) is 0 Å². The van der Waals surface area contributed by atoms with Crippen molar-refractivity contribution >= 4 is 28.8 Å². The van der Waals surface area contributed by atoms with Crippen molar-refractivity contribution < 1.29 is 19.1 Å². The number of hydrogen-bond acceptors (Lipinski definition) is 7.